The molecule has 1 saturated heterocycles. The fourth-order valence-corrected chi connectivity index (χ4v) is 2.58. The molecule has 0 bridgehead atoms. The number of likely N-dealkylation sites (tertiary alicyclic amines) is 1. The number of halogens is 2. The molecule has 0 N–H and O–H groups in total. The molecule has 1 aliphatic heterocycles. The van der Waals surface area contributed by atoms with Crippen LogP contribution in [-0.4, -0.2) is 28.3 Å². The lowest BCUT2D eigenvalue weighted by Crippen LogP contribution is -2.34. The first-order chi connectivity index (χ1) is 9.31. The molecule has 2 rings (SSSR count). The van der Waals surface area contributed by atoms with Gasteiger partial charge < -0.3 is 4.90 Å². The van der Waals surface area contributed by atoms with Crippen LogP contribution in [0.25, 0.3) is 0 Å². The molecule has 108 valence electrons. The zero-order valence-corrected chi connectivity index (χ0v) is 11.1. The van der Waals surface area contributed by atoms with Gasteiger partial charge in [0.2, 0.25) is 5.82 Å². The van der Waals surface area contributed by atoms with Gasteiger partial charge in [0.15, 0.2) is 0 Å². The fourth-order valence-electron chi connectivity index (χ4n) is 2.58. The van der Waals surface area contributed by atoms with Crippen molar-refractivity contribution >= 4 is 11.6 Å². The average Bonchev–Trinajstić information content (AvgIpc) is 2.69. The van der Waals surface area contributed by atoms with Gasteiger partial charge in [0.1, 0.15) is 5.82 Å². The summed E-state index contributed by atoms with van der Waals surface area (Å²) in [6, 6.07) is 0.994. The molecule has 0 aromatic heterocycles. The SMILES string of the molecule is CC1CC(C)N(C(=O)c2cc(F)c([N+](=O)[O-])cc2F)C1. The van der Waals surface area contributed by atoms with Gasteiger partial charge in [-0.3, -0.25) is 14.9 Å². The van der Waals surface area contributed by atoms with E-state index in [1.165, 1.54) is 4.90 Å². The highest BCUT2D eigenvalue weighted by Gasteiger charge is 2.33. The summed E-state index contributed by atoms with van der Waals surface area (Å²) in [7, 11) is 0. The third-order valence-electron chi connectivity index (χ3n) is 3.51. The summed E-state index contributed by atoms with van der Waals surface area (Å²) in [5, 5.41) is 10.5. The van der Waals surface area contributed by atoms with Crippen LogP contribution in [-0.2, 0) is 0 Å². The Morgan fingerprint density at radius 1 is 1.35 bits per heavy atom. The van der Waals surface area contributed by atoms with Gasteiger partial charge in [0.25, 0.3) is 5.91 Å². The highest BCUT2D eigenvalue weighted by Crippen LogP contribution is 2.27. The minimum Gasteiger partial charge on any atom is -0.336 e. The number of hydrogen-bond donors (Lipinski definition) is 0. The first-order valence-electron chi connectivity index (χ1n) is 6.25. The Morgan fingerprint density at radius 2 is 2.00 bits per heavy atom. The minimum absolute atomic E-state index is 0.0600. The number of nitrogens with zero attached hydrogens (tertiary/aromatic N) is 2. The number of amides is 1. The maximum atomic E-state index is 13.8. The number of hydrogen-bond acceptors (Lipinski definition) is 3. The fraction of sp³-hybridized carbons (Fsp3) is 0.462. The van der Waals surface area contributed by atoms with E-state index < -0.39 is 33.7 Å². The summed E-state index contributed by atoms with van der Waals surface area (Å²) in [6.07, 6.45) is 0.794. The van der Waals surface area contributed by atoms with Crippen molar-refractivity contribution in [3.05, 3.63) is 39.4 Å². The zero-order chi connectivity index (χ0) is 15.0. The Kier molecular flexibility index (Phi) is 3.69. The van der Waals surface area contributed by atoms with Crippen molar-refractivity contribution in [2.75, 3.05) is 6.54 Å². The number of rotatable bonds is 2. The first-order valence-corrected chi connectivity index (χ1v) is 6.25. The Hall–Kier alpha value is -2.05. The lowest BCUT2D eigenvalue weighted by Gasteiger charge is -2.21. The number of carbonyl (C=O) groups is 1. The second-order valence-corrected chi connectivity index (χ2v) is 5.19. The van der Waals surface area contributed by atoms with Crippen LogP contribution in [0.5, 0.6) is 0 Å². The predicted octanol–water partition coefficient (Wildman–Crippen LogP) is 2.74. The number of nitro groups is 1. The summed E-state index contributed by atoms with van der Waals surface area (Å²) < 4.78 is 27.3. The van der Waals surface area contributed by atoms with Gasteiger partial charge in [-0.25, -0.2) is 4.39 Å². The van der Waals surface area contributed by atoms with Crippen molar-refractivity contribution in [2.24, 2.45) is 5.92 Å². The largest absolute Gasteiger partial charge is 0.336 e. The monoisotopic (exact) mass is 284 g/mol. The maximum Gasteiger partial charge on any atom is 0.307 e. The molecule has 20 heavy (non-hydrogen) atoms. The van der Waals surface area contributed by atoms with E-state index in [4.69, 9.17) is 0 Å². The van der Waals surface area contributed by atoms with Crippen LogP contribution >= 0.6 is 0 Å². The lowest BCUT2D eigenvalue weighted by molar-refractivity contribution is -0.387. The Morgan fingerprint density at radius 3 is 2.50 bits per heavy atom. The lowest BCUT2D eigenvalue weighted by atomic mass is 10.1. The third kappa shape index (κ3) is 2.48. The molecule has 2 atom stereocenters. The van der Waals surface area contributed by atoms with Crippen LogP contribution < -0.4 is 0 Å². The van der Waals surface area contributed by atoms with Gasteiger partial charge >= 0.3 is 5.69 Å². The van der Waals surface area contributed by atoms with Gasteiger partial charge in [0, 0.05) is 12.6 Å². The van der Waals surface area contributed by atoms with Crippen molar-refractivity contribution in [2.45, 2.75) is 26.3 Å². The summed E-state index contributed by atoms with van der Waals surface area (Å²) in [5.41, 5.74) is -1.43. The third-order valence-corrected chi connectivity index (χ3v) is 3.51. The molecule has 5 nitrogen and oxygen atoms in total. The molecule has 1 aliphatic rings. The van der Waals surface area contributed by atoms with Crippen LogP contribution in [0.1, 0.15) is 30.6 Å². The van der Waals surface area contributed by atoms with Crippen LogP contribution in [0.4, 0.5) is 14.5 Å². The van der Waals surface area contributed by atoms with Gasteiger partial charge in [-0.05, 0) is 25.3 Å². The summed E-state index contributed by atoms with van der Waals surface area (Å²) >= 11 is 0. The predicted molar refractivity (Wildman–Crippen MR) is 67.3 cm³/mol. The van der Waals surface area contributed by atoms with Crippen LogP contribution in [0.2, 0.25) is 0 Å². The van der Waals surface area contributed by atoms with E-state index in [9.17, 15) is 23.7 Å². The van der Waals surface area contributed by atoms with E-state index in [1.807, 2.05) is 13.8 Å². The molecule has 0 radical (unpaired) electrons. The smallest absolute Gasteiger partial charge is 0.307 e. The number of carbonyl (C=O) groups excluding carboxylic acids is 1. The van der Waals surface area contributed by atoms with Crippen LogP contribution in [0, 0.1) is 27.7 Å². The topological polar surface area (TPSA) is 63.5 Å². The molecule has 0 saturated carbocycles. The highest BCUT2D eigenvalue weighted by atomic mass is 19.1. The second-order valence-electron chi connectivity index (χ2n) is 5.19. The quantitative estimate of drug-likeness (QED) is 0.619. The van der Waals surface area contributed by atoms with Crippen molar-refractivity contribution in [1.29, 1.82) is 0 Å². The van der Waals surface area contributed by atoms with E-state index >= 15 is 0 Å². The van der Waals surface area contributed by atoms with E-state index in [-0.39, 0.29) is 6.04 Å². The number of nitro benzene ring substituents is 1. The Bertz CT molecular complexity index is 577. The van der Waals surface area contributed by atoms with E-state index in [1.54, 1.807) is 0 Å². The molecule has 2 unspecified atom stereocenters. The van der Waals surface area contributed by atoms with E-state index in [0.29, 0.717) is 24.6 Å². The molecular weight excluding hydrogens is 270 g/mol. The molecule has 7 heteroatoms. The average molecular weight is 284 g/mol. The van der Waals surface area contributed by atoms with Gasteiger partial charge in [-0.1, -0.05) is 6.92 Å². The van der Waals surface area contributed by atoms with Gasteiger partial charge in [-0.2, -0.15) is 4.39 Å². The minimum atomic E-state index is -1.21. The highest BCUT2D eigenvalue weighted by molar-refractivity contribution is 5.95. The summed E-state index contributed by atoms with van der Waals surface area (Å²) in [5.74, 6) is -2.62. The van der Waals surface area contributed by atoms with Crippen LogP contribution in [0.15, 0.2) is 12.1 Å². The van der Waals surface area contributed by atoms with Crippen molar-refractivity contribution in [3.8, 4) is 0 Å². The molecule has 1 amide bonds. The molecule has 1 heterocycles. The van der Waals surface area contributed by atoms with Crippen LogP contribution in [0.3, 0.4) is 0 Å². The van der Waals surface area contributed by atoms with Gasteiger partial charge in [-0.15, -0.1) is 0 Å². The number of benzene rings is 1. The van der Waals surface area contributed by atoms with Crippen molar-refractivity contribution < 1.29 is 18.5 Å². The molecule has 1 aromatic rings. The van der Waals surface area contributed by atoms with Crippen molar-refractivity contribution in [3.63, 3.8) is 0 Å². The standard InChI is InChI=1S/C13H14F2N2O3/c1-7-3-8(2)16(6-7)13(18)9-4-11(15)12(17(19)20)5-10(9)14/h4-5,7-8H,3,6H2,1-2H3. The maximum absolute atomic E-state index is 13.8. The van der Waals surface area contributed by atoms with E-state index in [0.717, 1.165) is 6.42 Å². The zero-order valence-electron chi connectivity index (χ0n) is 11.1. The normalized spacial score (nSPS) is 22.1. The van der Waals surface area contributed by atoms with Crippen molar-refractivity contribution in [1.82, 2.24) is 4.90 Å². The Labute approximate surface area is 114 Å². The van der Waals surface area contributed by atoms with E-state index in [2.05, 4.69) is 0 Å². The molecule has 0 aliphatic carbocycles. The van der Waals surface area contributed by atoms with Gasteiger partial charge in [0.05, 0.1) is 16.6 Å². The molecule has 0 spiro atoms. The summed E-state index contributed by atoms with van der Waals surface area (Å²) in [6.45, 7) is 4.27. The molecular formula is C13H14F2N2O3. The Balaban J connectivity index is 2.36. The molecule has 1 aromatic carbocycles. The first kappa shape index (κ1) is 14.4. The molecule has 1 fully saturated rings. The second kappa shape index (κ2) is 5.15. The summed E-state index contributed by atoms with van der Waals surface area (Å²) in [4.78, 5) is 23.2.